The molecule has 0 radical (unpaired) electrons. The minimum absolute atomic E-state index is 0.0253. The summed E-state index contributed by atoms with van der Waals surface area (Å²) >= 11 is 1.54. The van der Waals surface area contributed by atoms with Crippen LogP contribution in [0.25, 0.3) is 11.1 Å². The fraction of sp³-hybridized carbons (Fsp3) is 0.526. The summed E-state index contributed by atoms with van der Waals surface area (Å²) < 4.78 is 5.42. The number of carbonyl (C=O) groups excluding carboxylic acids is 2. The second kappa shape index (κ2) is 6.61. The van der Waals surface area contributed by atoms with Crippen molar-refractivity contribution in [3.63, 3.8) is 0 Å². The molecule has 2 saturated heterocycles. The monoisotopic (exact) mass is 373 g/mol. The molecule has 0 aliphatic carbocycles. The van der Waals surface area contributed by atoms with Gasteiger partial charge in [-0.2, -0.15) is 0 Å². The normalized spacial score (nSPS) is 23.8. The van der Waals surface area contributed by atoms with Crippen molar-refractivity contribution in [2.24, 2.45) is 0 Å². The molecule has 4 rings (SSSR count). The number of hydrogen-bond donors (Lipinski definition) is 1. The van der Waals surface area contributed by atoms with Gasteiger partial charge in [-0.25, -0.2) is 4.98 Å². The summed E-state index contributed by atoms with van der Waals surface area (Å²) in [5, 5.41) is 2.88. The molecule has 1 N–H and O–H groups in total. The van der Waals surface area contributed by atoms with Crippen LogP contribution in [0.15, 0.2) is 28.7 Å². The average Bonchev–Trinajstić information content (AvgIpc) is 3.08. The standard InChI is InChI=1S/C19H23N3O3S/c1-19(2)18(24)21-14(11-26-19)17(23)22-9-7-12(8-10-22)16-20-13-5-3-4-6-15(13)25-16/h3-6,12,14H,7-11H2,1-2H3,(H,21,24)/t14-/m1/s1. The Bertz CT molecular complexity index is 806. The molecule has 1 atom stereocenters. The number of likely N-dealkylation sites (tertiary alicyclic amines) is 1. The SMILES string of the molecule is CC1(C)SC[C@H](C(=O)N2CCC(c3nc4ccccc4o3)CC2)NC1=O. The van der Waals surface area contributed by atoms with Crippen molar-refractivity contribution in [3.8, 4) is 0 Å². The summed E-state index contributed by atoms with van der Waals surface area (Å²) in [4.78, 5) is 31.3. The summed E-state index contributed by atoms with van der Waals surface area (Å²) in [6, 6.07) is 7.35. The van der Waals surface area contributed by atoms with E-state index < -0.39 is 10.8 Å². The van der Waals surface area contributed by atoms with Gasteiger partial charge in [-0.3, -0.25) is 9.59 Å². The van der Waals surface area contributed by atoms with E-state index in [1.165, 1.54) is 0 Å². The van der Waals surface area contributed by atoms with Crippen LogP contribution in [-0.2, 0) is 9.59 Å². The Labute approximate surface area is 156 Å². The van der Waals surface area contributed by atoms with Gasteiger partial charge in [0.1, 0.15) is 11.6 Å². The van der Waals surface area contributed by atoms with E-state index >= 15 is 0 Å². The Kier molecular flexibility index (Phi) is 4.42. The molecule has 2 aromatic rings. The maximum Gasteiger partial charge on any atom is 0.246 e. The molecule has 2 aliphatic heterocycles. The molecule has 0 bridgehead atoms. The molecule has 6 nitrogen and oxygen atoms in total. The van der Waals surface area contributed by atoms with Crippen molar-refractivity contribution in [2.45, 2.75) is 43.4 Å². The third-order valence-corrected chi connectivity index (χ3v) is 6.63. The summed E-state index contributed by atoms with van der Waals surface area (Å²) in [5.74, 6) is 1.59. The number of fused-ring (bicyclic) bond motifs is 1. The lowest BCUT2D eigenvalue weighted by Crippen LogP contribution is -2.58. The van der Waals surface area contributed by atoms with Gasteiger partial charge in [0.05, 0.1) is 4.75 Å². The first-order chi connectivity index (χ1) is 12.4. The summed E-state index contributed by atoms with van der Waals surface area (Å²) in [6.07, 6.45) is 1.66. The van der Waals surface area contributed by atoms with E-state index in [2.05, 4.69) is 10.3 Å². The number of aromatic nitrogens is 1. The van der Waals surface area contributed by atoms with Crippen molar-refractivity contribution in [2.75, 3.05) is 18.8 Å². The van der Waals surface area contributed by atoms with E-state index in [1.54, 1.807) is 11.8 Å². The minimum Gasteiger partial charge on any atom is -0.440 e. The fourth-order valence-corrected chi connectivity index (χ4v) is 4.50. The number of benzene rings is 1. The molecular weight excluding hydrogens is 350 g/mol. The summed E-state index contributed by atoms with van der Waals surface area (Å²) in [5.41, 5.74) is 1.69. The van der Waals surface area contributed by atoms with E-state index in [0.717, 1.165) is 29.8 Å². The third-order valence-electron chi connectivity index (χ3n) is 5.23. The highest BCUT2D eigenvalue weighted by Gasteiger charge is 2.40. The molecular formula is C19H23N3O3S. The van der Waals surface area contributed by atoms with Gasteiger partial charge in [0.25, 0.3) is 0 Å². The highest BCUT2D eigenvalue weighted by Crippen LogP contribution is 2.32. The number of rotatable bonds is 2. The first-order valence-electron chi connectivity index (χ1n) is 9.03. The third kappa shape index (κ3) is 3.20. The molecule has 1 aromatic carbocycles. The predicted octanol–water partition coefficient (Wildman–Crippen LogP) is 2.54. The van der Waals surface area contributed by atoms with Gasteiger partial charge in [0.2, 0.25) is 11.8 Å². The number of piperidine rings is 1. The zero-order valence-corrected chi connectivity index (χ0v) is 15.8. The molecule has 7 heteroatoms. The Hall–Kier alpha value is -2.02. The molecule has 2 fully saturated rings. The van der Waals surface area contributed by atoms with E-state index in [0.29, 0.717) is 18.8 Å². The number of hydrogen-bond acceptors (Lipinski definition) is 5. The van der Waals surface area contributed by atoms with Gasteiger partial charge in [-0.1, -0.05) is 12.1 Å². The van der Waals surface area contributed by atoms with Crippen molar-refractivity contribution >= 4 is 34.7 Å². The van der Waals surface area contributed by atoms with Crippen LogP contribution < -0.4 is 5.32 Å². The van der Waals surface area contributed by atoms with Crippen LogP contribution >= 0.6 is 11.8 Å². The van der Waals surface area contributed by atoms with Gasteiger partial charge in [-0.15, -0.1) is 11.8 Å². The first kappa shape index (κ1) is 17.4. The summed E-state index contributed by atoms with van der Waals surface area (Å²) in [7, 11) is 0. The number of nitrogens with one attached hydrogen (secondary N) is 1. The van der Waals surface area contributed by atoms with E-state index in [9.17, 15) is 9.59 Å². The Morgan fingerprint density at radius 3 is 2.73 bits per heavy atom. The number of carbonyl (C=O) groups is 2. The number of thioether (sulfide) groups is 1. The van der Waals surface area contributed by atoms with Gasteiger partial charge >= 0.3 is 0 Å². The number of nitrogens with zero attached hydrogens (tertiary/aromatic N) is 2. The quantitative estimate of drug-likeness (QED) is 0.876. The molecule has 2 amide bonds. The van der Waals surface area contributed by atoms with E-state index in [1.807, 2.05) is 43.0 Å². The lowest BCUT2D eigenvalue weighted by Gasteiger charge is -2.37. The molecule has 0 unspecified atom stereocenters. The van der Waals surface area contributed by atoms with Crippen LogP contribution in [0.5, 0.6) is 0 Å². The van der Waals surface area contributed by atoms with Crippen molar-refractivity contribution < 1.29 is 14.0 Å². The molecule has 3 heterocycles. The highest BCUT2D eigenvalue weighted by molar-refractivity contribution is 8.01. The van der Waals surface area contributed by atoms with Gasteiger partial charge in [0, 0.05) is 24.8 Å². The molecule has 138 valence electrons. The fourth-order valence-electron chi connectivity index (χ4n) is 3.50. The maximum atomic E-state index is 12.8. The Morgan fingerprint density at radius 1 is 1.31 bits per heavy atom. The van der Waals surface area contributed by atoms with Gasteiger partial charge in [-0.05, 0) is 38.8 Å². The second-order valence-corrected chi connectivity index (χ2v) is 9.11. The van der Waals surface area contributed by atoms with Gasteiger partial charge < -0.3 is 14.6 Å². The smallest absolute Gasteiger partial charge is 0.246 e. The molecule has 0 saturated carbocycles. The van der Waals surface area contributed by atoms with Crippen molar-refractivity contribution in [1.29, 1.82) is 0 Å². The van der Waals surface area contributed by atoms with Crippen LogP contribution in [-0.4, -0.2) is 51.3 Å². The summed E-state index contributed by atoms with van der Waals surface area (Å²) in [6.45, 7) is 5.12. The Morgan fingerprint density at radius 2 is 2.04 bits per heavy atom. The number of oxazole rings is 1. The molecule has 2 aliphatic rings. The maximum absolute atomic E-state index is 12.8. The number of amides is 2. The van der Waals surface area contributed by atoms with Crippen LogP contribution in [0.1, 0.15) is 38.5 Å². The Balaban J connectivity index is 1.37. The van der Waals surface area contributed by atoms with Crippen LogP contribution in [0.4, 0.5) is 0 Å². The lowest BCUT2D eigenvalue weighted by atomic mass is 9.96. The average molecular weight is 373 g/mol. The predicted molar refractivity (Wildman–Crippen MR) is 101 cm³/mol. The van der Waals surface area contributed by atoms with Crippen LogP contribution in [0, 0.1) is 0 Å². The zero-order chi connectivity index (χ0) is 18.3. The van der Waals surface area contributed by atoms with Crippen molar-refractivity contribution in [1.82, 2.24) is 15.2 Å². The molecule has 1 aromatic heterocycles. The van der Waals surface area contributed by atoms with Gasteiger partial charge in [0.15, 0.2) is 11.5 Å². The highest BCUT2D eigenvalue weighted by atomic mass is 32.2. The minimum atomic E-state index is -0.462. The van der Waals surface area contributed by atoms with Crippen molar-refractivity contribution in [3.05, 3.63) is 30.2 Å². The zero-order valence-electron chi connectivity index (χ0n) is 15.0. The van der Waals surface area contributed by atoms with E-state index in [-0.39, 0.29) is 17.7 Å². The lowest BCUT2D eigenvalue weighted by molar-refractivity contribution is -0.137. The number of para-hydroxylation sites is 2. The first-order valence-corrected chi connectivity index (χ1v) is 10.0. The molecule has 0 spiro atoms. The largest absolute Gasteiger partial charge is 0.440 e. The van der Waals surface area contributed by atoms with Crippen LogP contribution in [0.3, 0.4) is 0 Å². The second-order valence-electron chi connectivity index (χ2n) is 7.47. The van der Waals surface area contributed by atoms with Crippen LogP contribution in [0.2, 0.25) is 0 Å². The van der Waals surface area contributed by atoms with E-state index in [4.69, 9.17) is 4.42 Å². The topological polar surface area (TPSA) is 75.4 Å². The molecule has 26 heavy (non-hydrogen) atoms.